The summed E-state index contributed by atoms with van der Waals surface area (Å²) in [5.74, 6) is -0.561. The molecule has 2 aromatic rings. The van der Waals surface area contributed by atoms with Crippen LogP contribution in [0.2, 0.25) is 0 Å². The lowest BCUT2D eigenvalue weighted by atomic mass is 9.89. The van der Waals surface area contributed by atoms with Crippen molar-refractivity contribution >= 4 is 23.2 Å². The van der Waals surface area contributed by atoms with Gasteiger partial charge in [-0.3, -0.25) is 19.2 Å². The van der Waals surface area contributed by atoms with Crippen LogP contribution in [0.3, 0.4) is 0 Å². The van der Waals surface area contributed by atoms with E-state index in [1.165, 1.54) is 4.90 Å². The van der Waals surface area contributed by atoms with Crippen LogP contribution in [0.5, 0.6) is 0 Å². The smallest absolute Gasteiger partial charge is 0.281 e. The molecule has 2 amide bonds. The van der Waals surface area contributed by atoms with Crippen molar-refractivity contribution in [3.05, 3.63) is 36.2 Å². The van der Waals surface area contributed by atoms with Gasteiger partial charge in [0, 0.05) is 5.41 Å². The summed E-state index contributed by atoms with van der Waals surface area (Å²) in [6.45, 7) is 5.78. The zero-order chi connectivity index (χ0) is 17.6. The zero-order valence-electron chi connectivity index (χ0n) is 14.1. The molecule has 130 valence electrons. The van der Waals surface area contributed by atoms with Crippen molar-refractivity contribution in [1.29, 1.82) is 0 Å². The third kappa shape index (κ3) is 2.68. The largest absolute Gasteiger partial charge is 0.380 e. The Morgan fingerprint density at radius 2 is 2.16 bits per heavy atom. The number of amides is 2. The highest BCUT2D eigenvalue weighted by molar-refractivity contribution is 6.15. The number of hydrogen-bond acceptors (Lipinski definition) is 5. The maximum atomic E-state index is 13.0. The molecule has 4 rings (SSSR count). The molecule has 1 fully saturated rings. The van der Waals surface area contributed by atoms with Gasteiger partial charge in [0.25, 0.3) is 5.91 Å². The number of fused-ring (bicyclic) bond motifs is 1. The molecule has 0 radical (unpaired) electrons. The molecule has 1 aromatic heterocycles. The SMILES string of the molecule is CC1C(=O)Nc2ccccc2N1C(=O)c1cn(CC2(C)COC2)nn1. The van der Waals surface area contributed by atoms with E-state index in [0.29, 0.717) is 31.1 Å². The third-order valence-corrected chi connectivity index (χ3v) is 4.61. The van der Waals surface area contributed by atoms with Gasteiger partial charge in [-0.2, -0.15) is 0 Å². The van der Waals surface area contributed by atoms with Crippen LogP contribution in [-0.2, 0) is 16.1 Å². The first-order valence-electron chi connectivity index (χ1n) is 8.18. The number of aromatic nitrogens is 3. The van der Waals surface area contributed by atoms with Crippen molar-refractivity contribution in [2.24, 2.45) is 5.41 Å². The molecule has 1 saturated heterocycles. The highest BCUT2D eigenvalue weighted by Gasteiger charge is 2.37. The summed E-state index contributed by atoms with van der Waals surface area (Å²) < 4.78 is 6.91. The molecule has 3 heterocycles. The number of para-hydroxylation sites is 2. The highest BCUT2D eigenvalue weighted by atomic mass is 16.5. The van der Waals surface area contributed by atoms with Gasteiger partial charge >= 0.3 is 0 Å². The Bertz CT molecular complexity index is 842. The van der Waals surface area contributed by atoms with E-state index in [9.17, 15) is 9.59 Å². The van der Waals surface area contributed by atoms with Gasteiger partial charge in [-0.1, -0.05) is 24.3 Å². The Hall–Kier alpha value is -2.74. The fraction of sp³-hybridized carbons (Fsp3) is 0.412. The summed E-state index contributed by atoms with van der Waals surface area (Å²) >= 11 is 0. The molecule has 1 atom stereocenters. The molecule has 0 spiro atoms. The molecule has 0 saturated carbocycles. The van der Waals surface area contributed by atoms with E-state index in [1.807, 2.05) is 12.1 Å². The zero-order valence-corrected chi connectivity index (χ0v) is 14.1. The first-order chi connectivity index (χ1) is 12.0. The molecular formula is C17H19N5O3. The van der Waals surface area contributed by atoms with Crippen LogP contribution in [0.4, 0.5) is 11.4 Å². The van der Waals surface area contributed by atoms with Crippen molar-refractivity contribution in [2.45, 2.75) is 26.4 Å². The van der Waals surface area contributed by atoms with Crippen molar-refractivity contribution in [1.82, 2.24) is 15.0 Å². The fourth-order valence-electron chi connectivity index (χ4n) is 3.17. The summed E-state index contributed by atoms with van der Waals surface area (Å²) in [6, 6.07) is 6.60. The molecule has 1 N–H and O–H groups in total. The van der Waals surface area contributed by atoms with Crippen LogP contribution >= 0.6 is 0 Å². The van der Waals surface area contributed by atoms with Crippen molar-refractivity contribution < 1.29 is 14.3 Å². The minimum Gasteiger partial charge on any atom is -0.380 e. The number of nitrogens with one attached hydrogen (secondary N) is 1. The predicted octanol–water partition coefficient (Wildman–Crippen LogP) is 1.30. The highest BCUT2D eigenvalue weighted by Crippen LogP contribution is 2.33. The minimum atomic E-state index is -0.620. The van der Waals surface area contributed by atoms with Crippen LogP contribution < -0.4 is 10.2 Å². The van der Waals surface area contributed by atoms with Gasteiger partial charge in [0.05, 0.1) is 37.3 Å². The van der Waals surface area contributed by atoms with E-state index in [0.717, 1.165) is 0 Å². The number of nitrogens with zero attached hydrogens (tertiary/aromatic N) is 4. The second kappa shape index (κ2) is 5.66. The van der Waals surface area contributed by atoms with E-state index in [1.54, 1.807) is 29.9 Å². The Morgan fingerprint density at radius 3 is 2.88 bits per heavy atom. The lowest BCUT2D eigenvalue weighted by Gasteiger charge is -2.37. The van der Waals surface area contributed by atoms with Gasteiger partial charge in [-0.15, -0.1) is 5.10 Å². The summed E-state index contributed by atoms with van der Waals surface area (Å²) in [5, 5.41) is 10.9. The lowest BCUT2D eigenvalue weighted by Crippen LogP contribution is -2.49. The van der Waals surface area contributed by atoms with Crippen LogP contribution in [0.1, 0.15) is 24.3 Å². The summed E-state index contributed by atoms with van der Waals surface area (Å²) in [4.78, 5) is 26.6. The van der Waals surface area contributed by atoms with Crippen molar-refractivity contribution in [3.63, 3.8) is 0 Å². The number of ether oxygens (including phenoxy) is 1. The Morgan fingerprint density at radius 1 is 1.40 bits per heavy atom. The Kier molecular flexibility index (Phi) is 3.57. The molecule has 2 aliphatic heterocycles. The molecular weight excluding hydrogens is 322 g/mol. The first kappa shape index (κ1) is 15.8. The third-order valence-electron chi connectivity index (χ3n) is 4.61. The van der Waals surface area contributed by atoms with E-state index in [4.69, 9.17) is 4.74 Å². The number of rotatable bonds is 3. The topological polar surface area (TPSA) is 89.4 Å². The molecule has 0 bridgehead atoms. The van der Waals surface area contributed by atoms with Gasteiger partial charge in [-0.05, 0) is 19.1 Å². The van der Waals surface area contributed by atoms with Gasteiger partial charge in [0.2, 0.25) is 5.91 Å². The van der Waals surface area contributed by atoms with Gasteiger partial charge in [0.1, 0.15) is 6.04 Å². The number of benzene rings is 1. The molecule has 2 aliphatic rings. The van der Waals surface area contributed by atoms with E-state index in [-0.39, 0.29) is 22.9 Å². The summed E-state index contributed by atoms with van der Waals surface area (Å²) in [6.07, 6.45) is 1.63. The van der Waals surface area contributed by atoms with Crippen molar-refractivity contribution in [3.8, 4) is 0 Å². The normalized spacial score (nSPS) is 21.3. The lowest BCUT2D eigenvalue weighted by molar-refractivity contribution is -0.117. The maximum Gasteiger partial charge on any atom is 0.281 e. The Labute approximate surface area is 144 Å². The molecule has 1 unspecified atom stereocenters. The summed E-state index contributed by atoms with van der Waals surface area (Å²) in [7, 11) is 0. The first-order valence-corrected chi connectivity index (χ1v) is 8.18. The van der Waals surface area contributed by atoms with Gasteiger partial charge in [0.15, 0.2) is 5.69 Å². The van der Waals surface area contributed by atoms with Crippen LogP contribution in [0, 0.1) is 5.41 Å². The fourth-order valence-corrected chi connectivity index (χ4v) is 3.17. The second-order valence-corrected chi connectivity index (χ2v) is 6.96. The standard InChI is InChI=1S/C17H19N5O3/c1-11-15(23)18-12-5-3-4-6-14(12)22(11)16(24)13-7-21(20-19-13)8-17(2)9-25-10-17/h3-7,11H,8-10H2,1-2H3,(H,18,23). The minimum absolute atomic E-state index is 0.0267. The number of carbonyl (C=O) groups excluding carboxylic acids is 2. The number of carbonyl (C=O) groups is 2. The average molecular weight is 341 g/mol. The summed E-state index contributed by atoms with van der Waals surface area (Å²) in [5.41, 5.74) is 1.53. The van der Waals surface area contributed by atoms with Gasteiger partial charge in [-0.25, -0.2) is 0 Å². The van der Waals surface area contributed by atoms with E-state index < -0.39 is 6.04 Å². The van der Waals surface area contributed by atoms with Crippen LogP contribution in [0.15, 0.2) is 30.5 Å². The molecule has 1 aromatic carbocycles. The monoisotopic (exact) mass is 341 g/mol. The quantitative estimate of drug-likeness (QED) is 0.909. The van der Waals surface area contributed by atoms with Crippen LogP contribution in [-0.4, -0.2) is 46.1 Å². The van der Waals surface area contributed by atoms with Crippen LogP contribution in [0.25, 0.3) is 0 Å². The second-order valence-electron chi connectivity index (χ2n) is 6.96. The predicted molar refractivity (Wildman–Crippen MR) is 90.3 cm³/mol. The number of anilines is 2. The van der Waals surface area contributed by atoms with E-state index in [2.05, 4.69) is 22.6 Å². The van der Waals surface area contributed by atoms with Gasteiger partial charge < -0.3 is 10.1 Å². The molecule has 25 heavy (non-hydrogen) atoms. The molecule has 8 nitrogen and oxygen atoms in total. The average Bonchev–Trinajstić information content (AvgIpc) is 3.02. The number of hydrogen-bond donors (Lipinski definition) is 1. The molecule has 8 heteroatoms. The maximum absolute atomic E-state index is 13.0. The molecule has 0 aliphatic carbocycles. The van der Waals surface area contributed by atoms with E-state index >= 15 is 0 Å². The van der Waals surface area contributed by atoms with Crippen molar-refractivity contribution in [2.75, 3.05) is 23.4 Å². The Balaban J connectivity index is 1.62.